The van der Waals surface area contributed by atoms with Crippen molar-refractivity contribution in [2.75, 3.05) is 11.7 Å². The average molecular weight is 232 g/mol. The summed E-state index contributed by atoms with van der Waals surface area (Å²) in [6, 6.07) is 8.69. The summed E-state index contributed by atoms with van der Waals surface area (Å²) >= 11 is -2.17. The molecule has 0 spiro atoms. The van der Waals surface area contributed by atoms with Crippen molar-refractivity contribution < 1.29 is 13.2 Å². The van der Waals surface area contributed by atoms with E-state index in [9.17, 15) is 8.60 Å². The second kappa shape index (κ2) is 5.79. The van der Waals surface area contributed by atoms with Gasteiger partial charge in [0.05, 0.1) is 12.4 Å². The van der Waals surface area contributed by atoms with Gasteiger partial charge < -0.3 is 4.55 Å². The summed E-state index contributed by atoms with van der Waals surface area (Å²) in [5, 5.41) is 0.202. The third-order valence-electron chi connectivity index (χ3n) is 1.95. The minimum absolute atomic E-state index is 0.0749. The van der Waals surface area contributed by atoms with Gasteiger partial charge in [0.25, 0.3) is 0 Å². The smallest absolute Gasteiger partial charge is 0.177 e. The molecule has 2 atom stereocenters. The summed E-state index contributed by atoms with van der Waals surface area (Å²) in [7, 11) is 0. The van der Waals surface area contributed by atoms with E-state index in [4.69, 9.17) is 10.4 Å². The predicted molar refractivity (Wildman–Crippen MR) is 58.3 cm³/mol. The van der Waals surface area contributed by atoms with Gasteiger partial charge in [0.1, 0.15) is 5.37 Å². The fourth-order valence-corrected chi connectivity index (χ4v) is 1.80. The van der Waals surface area contributed by atoms with Crippen LogP contribution in [0.4, 0.5) is 10.1 Å². The SMILES string of the molecule is NN(c1ccccc1)C(CCF)S(=O)O. The molecule has 84 valence electrons. The number of nitrogens with zero attached hydrogens (tertiary/aromatic N) is 1. The molecule has 0 radical (unpaired) electrons. The molecule has 0 saturated carbocycles. The summed E-state index contributed by atoms with van der Waals surface area (Å²) in [6.45, 7) is -0.683. The Bertz CT molecular complexity index is 323. The van der Waals surface area contributed by atoms with Crippen molar-refractivity contribution in [1.29, 1.82) is 0 Å². The first kappa shape index (κ1) is 12.1. The lowest BCUT2D eigenvalue weighted by Crippen LogP contribution is -2.44. The Kier molecular flexibility index (Phi) is 4.67. The molecule has 0 bridgehead atoms. The van der Waals surface area contributed by atoms with E-state index in [1.54, 1.807) is 30.3 Å². The van der Waals surface area contributed by atoms with Crippen LogP contribution in [0, 0.1) is 0 Å². The maximum absolute atomic E-state index is 12.2. The molecule has 0 aliphatic heterocycles. The van der Waals surface area contributed by atoms with Crippen LogP contribution >= 0.6 is 0 Å². The normalized spacial score (nSPS) is 14.6. The lowest BCUT2D eigenvalue weighted by atomic mass is 10.3. The van der Waals surface area contributed by atoms with Crippen LogP contribution in [0.1, 0.15) is 6.42 Å². The van der Waals surface area contributed by atoms with Crippen molar-refractivity contribution in [3.8, 4) is 0 Å². The zero-order valence-corrected chi connectivity index (χ0v) is 8.86. The number of hydrogen-bond donors (Lipinski definition) is 2. The number of nitrogens with two attached hydrogens (primary N) is 1. The minimum atomic E-state index is -2.17. The van der Waals surface area contributed by atoms with Gasteiger partial charge >= 0.3 is 0 Å². The first-order chi connectivity index (χ1) is 7.16. The highest BCUT2D eigenvalue weighted by Crippen LogP contribution is 2.15. The molecule has 1 rings (SSSR count). The maximum Gasteiger partial charge on any atom is 0.177 e. The number of rotatable bonds is 5. The van der Waals surface area contributed by atoms with Crippen molar-refractivity contribution in [2.45, 2.75) is 11.8 Å². The zero-order chi connectivity index (χ0) is 11.3. The van der Waals surface area contributed by atoms with Gasteiger partial charge in [-0.05, 0) is 12.1 Å². The monoisotopic (exact) mass is 232 g/mol. The third kappa shape index (κ3) is 3.26. The minimum Gasteiger partial charge on any atom is -0.304 e. The molecule has 0 aliphatic carbocycles. The van der Waals surface area contributed by atoms with Crippen molar-refractivity contribution in [3.63, 3.8) is 0 Å². The van der Waals surface area contributed by atoms with Gasteiger partial charge in [-0.25, -0.2) is 10.1 Å². The van der Waals surface area contributed by atoms with E-state index in [-0.39, 0.29) is 6.42 Å². The molecule has 0 heterocycles. The summed E-state index contributed by atoms with van der Waals surface area (Å²) in [5.74, 6) is 5.64. The highest BCUT2D eigenvalue weighted by atomic mass is 32.2. The molecular weight excluding hydrogens is 219 g/mol. The number of halogens is 1. The standard InChI is InChI=1S/C9H13FN2O2S/c10-7-6-9(15(13)14)12(11)8-4-2-1-3-5-8/h1-5,9H,6-7,11H2,(H,13,14). The Labute approximate surface area is 90.1 Å². The quantitative estimate of drug-likeness (QED) is 0.456. The fourth-order valence-electron chi connectivity index (χ4n) is 1.20. The van der Waals surface area contributed by atoms with E-state index in [1.165, 1.54) is 0 Å². The van der Waals surface area contributed by atoms with Crippen LogP contribution in [0.5, 0.6) is 0 Å². The van der Waals surface area contributed by atoms with Crippen LogP contribution in [-0.2, 0) is 11.1 Å². The van der Waals surface area contributed by atoms with Crippen LogP contribution in [0.15, 0.2) is 30.3 Å². The molecule has 4 nitrogen and oxygen atoms in total. The molecule has 0 amide bonds. The van der Waals surface area contributed by atoms with E-state index in [0.717, 1.165) is 5.01 Å². The van der Waals surface area contributed by atoms with Crippen molar-refractivity contribution in [1.82, 2.24) is 0 Å². The van der Waals surface area contributed by atoms with E-state index in [0.29, 0.717) is 5.69 Å². The van der Waals surface area contributed by atoms with Crippen molar-refractivity contribution in [2.24, 2.45) is 5.84 Å². The molecule has 15 heavy (non-hydrogen) atoms. The Hall–Kier alpha value is -0.980. The van der Waals surface area contributed by atoms with Crippen molar-refractivity contribution in [3.05, 3.63) is 30.3 Å². The zero-order valence-electron chi connectivity index (χ0n) is 8.04. The Morgan fingerprint density at radius 3 is 2.53 bits per heavy atom. The largest absolute Gasteiger partial charge is 0.304 e. The summed E-state index contributed by atoms with van der Waals surface area (Å²) in [6.07, 6.45) is -0.0749. The van der Waals surface area contributed by atoms with Gasteiger partial charge in [-0.15, -0.1) is 0 Å². The number of para-hydroxylation sites is 1. The number of alkyl halides is 1. The number of hydrogen-bond acceptors (Lipinski definition) is 3. The maximum atomic E-state index is 12.2. The fraction of sp³-hybridized carbons (Fsp3) is 0.333. The van der Waals surface area contributed by atoms with Crippen LogP contribution in [0.3, 0.4) is 0 Å². The Balaban J connectivity index is 2.81. The summed E-state index contributed by atoms with van der Waals surface area (Å²) in [5.41, 5.74) is 0.582. The van der Waals surface area contributed by atoms with Crippen LogP contribution in [0.25, 0.3) is 0 Å². The Morgan fingerprint density at radius 1 is 1.47 bits per heavy atom. The van der Waals surface area contributed by atoms with Crippen LogP contribution < -0.4 is 10.9 Å². The highest BCUT2D eigenvalue weighted by Gasteiger charge is 2.21. The van der Waals surface area contributed by atoms with E-state index >= 15 is 0 Å². The third-order valence-corrected chi connectivity index (χ3v) is 2.88. The van der Waals surface area contributed by atoms with E-state index < -0.39 is 23.1 Å². The van der Waals surface area contributed by atoms with E-state index in [2.05, 4.69) is 0 Å². The van der Waals surface area contributed by atoms with Crippen LogP contribution in [-0.4, -0.2) is 20.8 Å². The average Bonchev–Trinajstić information content (AvgIpc) is 2.26. The first-order valence-electron chi connectivity index (χ1n) is 4.41. The number of benzene rings is 1. The summed E-state index contributed by atoms with van der Waals surface area (Å²) < 4.78 is 32.0. The molecule has 0 aliphatic rings. The molecule has 0 aromatic heterocycles. The number of anilines is 1. The lowest BCUT2D eigenvalue weighted by Gasteiger charge is -2.25. The second-order valence-electron chi connectivity index (χ2n) is 2.95. The molecule has 0 fully saturated rings. The number of hydrazine groups is 1. The molecule has 3 N–H and O–H groups in total. The van der Waals surface area contributed by atoms with Gasteiger partial charge in [0, 0.05) is 6.42 Å². The summed E-state index contributed by atoms with van der Waals surface area (Å²) in [4.78, 5) is 0. The highest BCUT2D eigenvalue weighted by molar-refractivity contribution is 7.80. The first-order valence-corrected chi connectivity index (χ1v) is 5.58. The Morgan fingerprint density at radius 2 is 2.07 bits per heavy atom. The molecule has 1 aromatic carbocycles. The molecule has 2 unspecified atom stereocenters. The van der Waals surface area contributed by atoms with Gasteiger partial charge in [-0.1, -0.05) is 18.2 Å². The van der Waals surface area contributed by atoms with Gasteiger partial charge in [0.15, 0.2) is 11.1 Å². The second-order valence-corrected chi connectivity index (χ2v) is 4.05. The van der Waals surface area contributed by atoms with E-state index in [1.807, 2.05) is 0 Å². The molecule has 1 aromatic rings. The molecular formula is C9H13FN2O2S. The van der Waals surface area contributed by atoms with Gasteiger partial charge in [0.2, 0.25) is 0 Å². The van der Waals surface area contributed by atoms with Crippen LogP contribution in [0.2, 0.25) is 0 Å². The van der Waals surface area contributed by atoms with Crippen molar-refractivity contribution >= 4 is 16.8 Å². The van der Waals surface area contributed by atoms with Gasteiger partial charge in [-0.3, -0.25) is 9.40 Å². The predicted octanol–water partition coefficient (Wildman–Crippen LogP) is 1.27. The molecule has 0 saturated heterocycles. The molecule has 6 heteroatoms. The topological polar surface area (TPSA) is 66.6 Å². The lowest BCUT2D eigenvalue weighted by molar-refractivity contribution is 0.447. The van der Waals surface area contributed by atoms with Gasteiger partial charge in [-0.2, -0.15) is 0 Å².